The van der Waals surface area contributed by atoms with E-state index in [1.807, 2.05) is 0 Å². The molecule has 71 heavy (non-hydrogen) atoms. The van der Waals surface area contributed by atoms with Gasteiger partial charge in [-0.2, -0.15) is 0 Å². The van der Waals surface area contributed by atoms with Crippen molar-refractivity contribution in [1.29, 1.82) is 0 Å². The summed E-state index contributed by atoms with van der Waals surface area (Å²) in [5, 5.41) is 0. The Labute approximate surface area is 443 Å². The summed E-state index contributed by atoms with van der Waals surface area (Å²) in [5.74, 6) is 0. The zero-order chi connectivity index (χ0) is 50.5. The van der Waals surface area contributed by atoms with Crippen LogP contribution in [0.25, 0.3) is 16.9 Å². The molecule has 0 atom stereocenters. The summed E-state index contributed by atoms with van der Waals surface area (Å²) < 4.78 is 1.62. The summed E-state index contributed by atoms with van der Waals surface area (Å²) in [6.07, 6.45) is 68.2. The Kier molecular flexibility index (Phi) is 39.4. The molecule has 0 N–H and O–H groups in total. The lowest BCUT2D eigenvalue weighted by molar-refractivity contribution is -0.345. The van der Waals surface area contributed by atoms with Crippen LogP contribution < -0.4 is 0 Å². The maximum atomic E-state index is 12.6. The summed E-state index contributed by atoms with van der Waals surface area (Å²) in [4.78, 5) is 0. The first-order valence-corrected chi connectivity index (χ1v) is 32.0. The van der Waals surface area contributed by atoms with E-state index in [2.05, 4.69) is 88.4 Å². The van der Waals surface area contributed by atoms with Gasteiger partial charge in [0, 0.05) is 16.7 Å². The van der Waals surface area contributed by atoms with Gasteiger partial charge < -0.3 is 5.53 Å². The van der Waals surface area contributed by atoms with Crippen molar-refractivity contribution >= 4 is 11.4 Å². The molecular formula is C69H116N2. The minimum Gasteiger partial charge on any atom is -0.493 e. The van der Waals surface area contributed by atoms with E-state index >= 15 is 0 Å². The van der Waals surface area contributed by atoms with Crippen LogP contribution in [0.3, 0.4) is 0 Å². The Balaban J connectivity index is 1.66. The van der Waals surface area contributed by atoms with E-state index in [1.165, 1.54) is 298 Å². The summed E-state index contributed by atoms with van der Waals surface area (Å²) in [6, 6.07) is 18.5. The molecule has 0 unspecified atom stereocenters. The second-order valence-corrected chi connectivity index (χ2v) is 22.5. The molecule has 1 aliphatic rings. The molecule has 1 aliphatic heterocycles. The zero-order valence-corrected chi connectivity index (χ0v) is 47.9. The molecule has 0 saturated carbocycles. The van der Waals surface area contributed by atoms with Crippen molar-refractivity contribution in [3.8, 4) is 0 Å². The largest absolute Gasteiger partial charge is 0.493 e. The van der Waals surface area contributed by atoms with E-state index in [-0.39, 0.29) is 0 Å². The molecule has 0 amide bonds. The molecule has 402 valence electrons. The maximum Gasteiger partial charge on any atom is 0.215 e. The highest BCUT2D eigenvalue weighted by molar-refractivity contribution is 5.84. The molecule has 0 radical (unpaired) electrons. The lowest BCUT2D eigenvalue weighted by Gasteiger charge is -2.12. The zero-order valence-electron chi connectivity index (χ0n) is 47.9. The maximum absolute atomic E-state index is 12.6. The van der Waals surface area contributed by atoms with Gasteiger partial charge in [-0.15, -0.1) is 0 Å². The highest BCUT2D eigenvalue weighted by Gasteiger charge is 2.34. The number of allylic oxidation sites excluding steroid dienone is 4. The quantitative estimate of drug-likeness (QED) is 0.0466. The molecule has 2 heteroatoms. The van der Waals surface area contributed by atoms with E-state index in [4.69, 9.17) is 0 Å². The van der Waals surface area contributed by atoms with E-state index in [1.54, 1.807) is 4.70 Å². The lowest BCUT2D eigenvalue weighted by atomic mass is 9.93. The minimum atomic E-state index is 0.987. The highest BCUT2D eigenvalue weighted by atomic mass is 15.2. The molecule has 0 aliphatic carbocycles. The third-order valence-corrected chi connectivity index (χ3v) is 15.9. The first kappa shape index (κ1) is 62.6. The van der Waals surface area contributed by atoms with Crippen LogP contribution in [0.5, 0.6) is 0 Å². The van der Waals surface area contributed by atoms with Crippen molar-refractivity contribution in [3.05, 3.63) is 99.6 Å². The van der Waals surface area contributed by atoms with Gasteiger partial charge in [-0.05, 0) is 86.8 Å². The van der Waals surface area contributed by atoms with Crippen LogP contribution in [0.1, 0.15) is 339 Å². The highest BCUT2D eigenvalue weighted by Crippen LogP contribution is 2.44. The van der Waals surface area contributed by atoms with Crippen molar-refractivity contribution in [2.45, 2.75) is 329 Å². The fraction of sp³-hybridized carbons (Fsp3) is 0.739. The minimum absolute atomic E-state index is 0.987. The molecule has 2 aromatic rings. The van der Waals surface area contributed by atoms with Crippen LogP contribution >= 0.6 is 0 Å². The number of benzene rings is 2. The molecule has 2 aromatic carbocycles. The van der Waals surface area contributed by atoms with Gasteiger partial charge in [0.25, 0.3) is 0 Å². The monoisotopic (exact) mass is 973 g/mol. The van der Waals surface area contributed by atoms with E-state index in [9.17, 15) is 5.53 Å². The molecule has 3 rings (SSSR count). The average molecular weight is 974 g/mol. The van der Waals surface area contributed by atoms with Crippen molar-refractivity contribution in [1.82, 2.24) is 0 Å². The Morgan fingerprint density at radius 3 is 1.00 bits per heavy atom. The van der Waals surface area contributed by atoms with Crippen molar-refractivity contribution in [2.75, 3.05) is 0 Å². The van der Waals surface area contributed by atoms with Gasteiger partial charge in [-0.1, -0.05) is 315 Å². The normalized spacial score (nSPS) is 13.0. The van der Waals surface area contributed by atoms with Gasteiger partial charge in [-0.25, -0.2) is 4.70 Å². The Bertz CT molecular complexity index is 1670. The summed E-state index contributed by atoms with van der Waals surface area (Å²) >= 11 is 0. The van der Waals surface area contributed by atoms with Gasteiger partial charge in [0.1, 0.15) is 0 Å². The van der Waals surface area contributed by atoms with Crippen molar-refractivity contribution < 1.29 is 4.70 Å². The average Bonchev–Trinajstić information content (AvgIpc) is 3.66. The third kappa shape index (κ3) is 29.7. The van der Waals surface area contributed by atoms with Crippen molar-refractivity contribution in [2.24, 2.45) is 0 Å². The topological polar surface area (TPSA) is 25.3 Å². The molecule has 0 aromatic heterocycles. The number of hydrogen-bond donors (Lipinski definition) is 0. The van der Waals surface area contributed by atoms with E-state index < -0.39 is 0 Å². The second kappa shape index (κ2) is 44.7. The number of hydrogen-bond acceptors (Lipinski definition) is 0. The van der Waals surface area contributed by atoms with Crippen LogP contribution in [0.4, 0.5) is 0 Å². The van der Waals surface area contributed by atoms with Crippen LogP contribution in [-0.4, -0.2) is 4.70 Å². The SMILES string of the molecule is CCCCCCCCCCCCCCCCCC=CC1=C(c2cccc(CCCCCCCCCCCCCC)c2)[N+](=[N-])C(c2cccc(CCCCCCCCCCCCCC)c2)=C1CCCCCC. The van der Waals surface area contributed by atoms with Gasteiger partial charge >= 0.3 is 0 Å². The van der Waals surface area contributed by atoms with Crippen LogP contribution in [0.15, 0.2) is 71.8 Å². The van der Waals surface area contributed by atoms with Crippen LogP contribution in [0, 0.1) is 0 Å². The molecular weight excluding hydrogens is 857 g/mol. The molecule has 0 bridgehead atoms. The van der Waals surface area contributed by atoms with Gasteiger partial charge in [0.15, 0.2) is 0 Å². The first-order valence-electron chi connectivity index (χ1n) is 32.0. The third-order valence-electron chi connectivity index (χ3n) is 15.9. The van der Waals surface area contributed by atoms with Crippen LogP contribution in [0.2, 0.25) is 0 Å². The fourth-order valence-electron chi connectivity index (χ4n) is 11.3. The molecule has 2 nitrogen and oxygen atoms in total. The standard InChI is InChI=1S/C69H116N2/c1-5-9-13-17-20-23-26-29-30-31-32-33-36-39-42-45-49-59-67-66(58-48-16-12-8-4)68(64-56-50-54-62(60-64)52-46-43-40-37-34-27-24-21-18-14-10-6-2)71(70)69(67)65-57-51-55-63(61-65)53-47-44-41-38-35-28-25-22-19-15-11-7-3/h49-51,54-57,59-61H,5-48,52-53,58H2,1-4H3. The van der Waals surface area contributed by atoms with Gasteiger partial charge in [0.2, 0.25) is 11.4 Å². The fourth-order valence-corrected chi connectivity index (χ4v) is 11.3. The predicted octanol–water partition coefficient (Wildman–Crippen LogP) is 24.1. The second-order valence-electron chi connectivity index (χ2n) is 22.5. The number of nitrogens with zero attached hydrogens (tertiary/aromatic N) is 2. The summed E-state index contributed by atoms with van der Waals surface area (Å²) in [5.41, 5.74) is 22.3. The Morgan fingerprint density at radius 1 is 0.338 bits per heavy atom. The van der Waals surface area contributed by atoms with Crippen molar-refractivity contribution in [3.63, 3.8) is 0 Å². The summed E-state index contributed by atoms with van der Waals surface area (Å²) in [7, 11) is 0. The Morgan fingerprint density at radius 2 is 0.634 bits per heavy atom. The molecule has 1 heterocycles. The molecule has 0 fully saturated rings. The number of rotatable bonds is 50. The number of aryl methyl sites for hydroxylation is 2. The number of unbranched alkanes of at least 4 members (excludes halogenated alkanes) is 40. The lowest BCUT2D eigenvalue weighted by Crippen LogP contribution is -2.03. The summed E-state index contributed by atoms with van der Waals surface area (Å²) in [6.45, 7) is 9.24. The molecule has 0 spiro atoms. The first-order chi connectivity index (χ1) is 35.1. The predicted molar refractivity (Wildman–Crippen MR) is 317 cm³/mol. The van der Waals surface area contributed by atoms with E-state index in [0.717, 1.165) is 49.1 Å². The van der Waals surface area contributed by atoms with E-state index in [0.29, 0.717) is 0 Å². The van der Waals surface area contributed by atoms with Gasteiger partial charge in [0.05, 0.1) is 5.57 Å². The molecule has 0 saturated heterocycles. The smallest absolute Gasteiger partial charge is 0.215 e. The Hall–Kier alpha value is -2.74. The van der Waals surface area contributed by atoms with Gasteiger partial charge in [-0.3, -0.25) is 0 Å². The van der Waals surface area contributed by atoms with Crippen LogP contribution in [-0.2, 0) is 12.8 Å².